The molecule has 134 valence electrons. The quantitative estimate of drug-likeness (QED) is 0.238. The maximum absolute atomic E-state index is 12.3. The number of non-ortho nitro benzene ring substituents is 1. The van der Waals surface area contributed by atoms with Crippen LogP contribution in [0.4, 0.5) is 11.4 Å². The molecule has 0 heterocycles. The number of nitrogens with one attached hydrogen (secondary N) is 2. The van der Waals surface area contributed by atoms with Gasteiger partial charge in [0, 0.05) is 31.8 Å². The van der Waals surface area contributed by atoms with Crippen molar-refractivity contribution in [3.05, 3.63) is 28.3 Å². The molecule has 0 aromatic heterocycles. The van der Waals surface area contributed by atoms with E-state index in [1.807, 2.05) is 0 Å². The summed E-state index contributed by atoms with van der Waals surface area (Å²) in [5, 5.41) is 33.9. The second kappa shape index (κ2) is 9.15. The van der Waals surface area contributed by atoms with Crippen LogP contribution in [0.2, 0.25) is 0 Å². The van der Waals surface area contributed by atoms with Crippen molar-refractivity contribution < 1.29 is 28.3 Å². The maximum atomic E-state index is 12.3. The Kier molecular flexibility index (Phi) is 7.55. The minimum Gasteiger partial charge on any atom is -0.481 e. The molecule has 0 bridgehead atoms. The molecule has 0 aliphatic heterocycles. The summed E-state index contributed by atoms with van der Waals surface area (Å²) in [4.78, 5) is 20.4. The van der Waals surface area contributed by atoms with Gasteiger partial charge in [-0.3, -0.25) is 14.9 Å². The number of aliphatic hydroxyl groups excluding tert-OH is 1. The second-order valence-corrected chi connectivity index (χ2v) is 6.88. The molecule has 0 fully saturated rings. The molecule has 10 nitrogen and oxygen atoms in total. The molecule has 0 amide bonds. The lowest BCUT2D eigenvalue weighted by molar-refractivity contribution is -0.385. The predicted molar refractivity (Wildman–Crippen MR) is 85.8 cm³/mol. The van der Waals surface area contributed by atoms with Crippen LogP contribution in [0.25, 0.3) is 0 Å². The fraction of sp³-hybridized carbons (Fsp3) is 0.462. The molecule has 0 atom stereocenters. The number of benzene rings is 1. The lowest BCUT2D eigenvalue weighted by atomic mass is 10.3. The first-order valence-corrected chi connectivity index (χ1v) is 8.71. The summed E-state index contributed by atoms with van der Waals surface area (Å²) < 4.78 is 24.6. The summed E-state index contributed by atoms with van der Waals surface area (Å²) in [6, 6.07) is 3.36. The van der Waals surface area contributed by atoms with Crippen molar-refractivity contribution in [1.29, 1.82) is 0 Å². The Balaban J connectivity index is 3.01. The van der Waals surface area contributed by atoms with E-state index in [0.29, 0.717) is 19.6 Å². The summed E-state index contributed by atoms with van der Waals surface area (Å²) in [6.45, 7) is 1.10. The Morgan fingerprint density at radius 2 is 1.96 bits per heavy atom. The van der Waals surface area contributed by atoms with Crippen LogP contribution in [0.1, 0.15) is 6.42 Å². The first-order chi connectivity index (χ1) is 11.3. The second-order valence-electron chi connectivity index (χ2n) is 4.80. The Bertz CT molecular complexity index is 691. The lowest BCUT2D eigenvalue weighted by Gasteiger charge is -2.12. The van der Waals surface area contributed by atoms with Crippen LogP contribution >= 0.6 is 0 Å². The highest BCUT2D eigenvalue weighted by Gasteiger charge is 2.23. The van der Waals surface area contributed by atoms with Gasteiger partial charge in [-0.1, -0.05) is 0 Å². The lowest BCUT2D eigenvalue weighted by Crippen LogP contribution is -2.25. The number of aliphatic carboxylic acids is 1. The molecule has 1 aromatic carbocycles. The smallest absolute Gasteiger partial charge is 0.304 e. The van der Waals surface area contributed by atoms with Crippen molar-refractivity contribution >= 4 is 27.2 Å². The van der Waals surface area contributed by atoms with Gasteiger partial charge in [0.25, 0.3) is 5.69 Å². The van der Waals surface area contributed by atoms with Gasteiger partial charge in [-0.25, -0.2) is 8.42 Å². The molecule has 4 N–H and O–H groups in total. The third-order valence-corrected chi connectivity index (χ3v) is 4.75. The van der Waals surface area contributed by atoms with Crippen LogP contribution < -0.4 is 10.6 Å². The number of anilines is 1. The Labute approximate surface area is 138 Å². The average molecular weight is 361 g/mol. The zero-order valence-electron chi connectivity index (χ0n) is 12.8. The van der Waals surface area contributed by atoms with Gasteiger partial charge in [0.2, 0.25) is 0 Å². The SMILES string of the molecule is O=C(O)CCS(=O)(=O)c1cc([N+](=O)[O-])ccc1NCCNCCO. The largest absolute Gasteiger partial charge is 0.481 e. The summed E-state index contributed by atoms with van der Waals surface area (Å²) in [7, 11) is -4.00. The van der Waals surface area contributed by atoms with Gasteiger partial charge in [-0.15, -0.1) is 0 Å². The number of carboxylic acids is 1. The van der Waals surface area contributed by atoms with E-state index in [0.717, 1.165) is 6.07 Å². The maximum Gasteiger partial charge on any atom is 0.304 e. The van der Waals surface area contributed by atoms with Crippen LogP contribution in [-0.4, -0.2) is 61.5 Å². The standard InChI is InChI=1S/C13H19N3O7S/c17-7-6-14-4-5-15-11-2-1-10(16(20)21)9-12(11)24(22,23)8-3-13(18)19/h1-2,9,14-15,17H,3-8H2,(H,18,19). The van der Waals surface area contributed by atoms with Gasteiger partial charge >= 0.3 is 5.97 Å². The van der Waals surface area contributed by atoms with Gasteiger partial charge in [-0.05, 0) is 6.07 Å². The average Bonchev–Trinajstić information content (AvgIpc) is 2.52. The Morgan fingerprint density at radius 3 is 2.54 bits per heavy atom. The highest BCUT2D eigenvalue weighted by molar-refractivity contribution is 7.91. The van der Waals surface area contributed by atoms with E-state index in [2.05, 4.69) is 10.6 Å². The zero-order valence-corrected chi connectivity index (χ0v) is 13.6. The number of nitrogens with zero attached hydrogens (tertiary/aromatic N) is 1. The van der Waals surface area contributed by atoms with Gasteiger partial charge < -0.3 is 20.8 Å². The molecular weight excluding hydrogens is 342 g/mol. The molecule has 0 unspecified atom stereocenters. The number of hydrogen-bond acceptors (Lipinski definition) is 8. The molecule has 1 rings (SSSR count). The van der Waals surface area contributed by atoms with E-state index in [1.54, 1.807) is 0 Å². The van der Waals surface area contributed by atoms with E-state index >= 15 is 0 Å². The first-order valence-electron chi connectivity index (χ1n) is 7.06. The number of nitro benzene ring substituents is 1. The minimum absolute atomic E-state index is 0.0354. The van der Waals surface area contributed by atoms with Crippen molar-refractivity contribution in [3.63, 3.8) is 0 Å². The van der Waals surface area contributed by atoms with E-state index in [1.165, 1.54) is 12.1 Å². The molecule has 0 saturated carbocycles. The minimum atomic E-state index is -4.00. The van der Waals surface area contributed by atoms with Gasteiger partial charge in [0.05, 0.1) is 34.3 Å². The number of carboxylic acid groups (broad SMARTS) is 1. The van der Waals surface area contributed by atoms with Crippen molar-refractivity contribution in [2.75, 3.05) is 37.3 Å². The van der Waals surface area contributed by atoms with E-state index < -0.39 is 38.6 Å². The van der Waals surface area contributed by atoms with Crippen LogP contribution in [0.3, 0.4) is 0 Å². The van der Waals surface area contributed by atoms with Crippen molar-refractivity contribution in [2.45, 2.75) is 11.3 Å². The number of sulfone groups is 1. The van der Waals surface area contributed by atoms with E-state index in [4.69, 9.17) is 10.2 Å². The monoisotopic (exact) mass is 361 g/mol. The number of rotatable bonds is 11. The number of nitro groups is 1. The number of aliphatic hydroxyl groups is 1. The molecule has 11 heteroatoms. The van der Waals surface area contributed by atoms with Gasteiger partial charge in [-0.2, -0.15) is 0 Å². The van der Waals surface area contributed by atoms with Crippen molar-refractivity contribution in [2.24, 2.45) is 0 Å². The highest BCUT2D eigenvalue weighted by Crippen LogP contribution is 2.27. The normalized spacial score (nSPS) is 11.2. The Hall–Kier alpha value is -2.24. The first kappa shape index (κ1) is 19.8. The van der Waals surface area contributed by atoms with Crippen LogP contribution in [0, 0.1) is 10.1 Å². The van der Waals surface area contributed by atoms with Crippen LogP contribution in [0.15, 0.2) is 23.1 Å². The fourth-order valence-electron chi connectivity index (χ4n) is 1.85. The van der Waals surface area contributed by atoms with Crippen molar-refractivity contribution in [1.82, 2.24) is 5.32 Å². The summed E-state index contributed by atoms with van der Waals surface area (Å²) in [5.74, 6) is -1.92. The molecule has 0 spiro atoms. The van der Waals surface area contributed by atoms with Crippen molar-refractivity contribution in [3.8, 4) is 0 Å². The molecule has 0 aliphatic carbocycles. The fourth-order valence-corrected chi connectivity index (χ4v) is 3.29. The highest BCUT2D eigenvalue weighted by atomic mass is 32.2. The molecule has 0 saturated heterocycles. The number of hydrogen-bond donors (Lipinski definition) is 4. The third-order valence-electron chi connectivity index (χ3n) is 3.00. The van der Waals surface area contributed by atoms with E-state index in [9.17, 15) is 23.3 Å². The Morgan fingerprint density at radius 1 is 1.25 bits per heavy atom. The van der Waals surface area contributed by atoms with Crippen LogP contribution in [-0.2, 0) is 14.6 Å². The number of carbonyl (C=O) groups is 1. The molecular formula is C13H19N3O7S. The topological polar surface area (TPSA) is 159 Å². The van der Waals surface area contributed by atoms with Crippen LogP contribution in [0.5, 0.6) is 0 Å². The third kappa shape index (κ3) is 6.10. The van der Waals surface area contributed by atoms with Gasteiger partial charge in [0.15, 0.2) is 9.84 Å². The summed E-state index contributed by atoms with van der Waals surface area (Å²) >= 11 is 0. The summed E-state index contributed by atoms with van der Waals surface area (Å²) in [6.07, 6.45) is -0.595. The molecule has 0 aliphatic rings. The molecule has 0 radical (unpaired) electrons. The van der Waals surface area contributed by atoms with E-state index in [-0.39, 0.29) is 17.2 Å². The zero-order chi connectivity index (χ0) is 18.2. The van der Waals surface area contributed by atoms with Gasteiger partial charge in [0.1, 0.15) is 0 Å². The summed E-state index contributed by atoms with van der Waals surface area (Å²) in [5.41, 5.74) is -0.232. The predicted octanol–water partition coefficient (Wildman–Crippen LogP) is -0.163. The molecule has 1 aromatic rings. The molecule has 24 heavy (non-hydrogen) atoms.